The first-order chi connectivity index (χ1) is 15.0. The lowest BCUT2D eigenvalue weighted by atomic mass is 10.1. The molecule has 0 saturated carbocycles. The maximum atomic E-state index is 13.6. The molecule has 8 nitrogen and oxygen atoms in total. The Balaban J connectivity index is 1.57. The minimum Gasteiger partial charge on any atom is -0.475 e. The number of aryl methyl sites for hydroxylation is 3. The molecular formula is C22H23FN6O2. The molecule has 2 aromatic carbocycles. The van der Waals surface area contributed by atoms with Gasteiger partial charge < -0.3 is 4.74 Å². The molecule has 1 aliphatic rings. The van der Waals surface area contributed by atoms with Gasteiger partial charge in [0.05, 0.1) is 11.4 Å². The molecule has 0 radical (unpaired) electrons. The van der Waals surface area contributed by atoms with E-state index in [2.05, 4.69) is 20.6 Å². The van der Waals surface area contributed by atoms with Crippen LogP contribution in [0.1, 0.15) is 42.0 Å². The maximum absolute atomic E-state index is 13.6. The van der Waals surface area contributed by atoms with Crippen LogP contribution in [0.2, 0.25) is 0 Å². The van der Waals surface area contributed by atoms with E-state index in [0.717, 1.165) is 40.8 Å². The molecule has 0 unspecified atom stereocenters. The van der Waals surface area contributed by atoms with Crippen molar-refractivity contribution < 1.29 is 9.13 Å². The van der Waals surface area contributed by atoms with Crippen LogP contribution in [0.5, 0.6) is 0 Å². The Hall–Kier alpha value is -3.62. The molecule has 3 aromatic rings. The molecule has 4 rings (SSSR count). The fourth-order valence-corrected chi connectivity index (χ4v) is 3.54. The largest absolute Gasteiger partial charge is 0.475 e. The van der Waals surface area contributed by atoms with Gasteiger partial charge in [-0.3, -0.25) is 0 Å². The summed E-state index contributed by atoms with van der Waals surface area (Å²) in [6, 6.07) is 10.4. The predicted octanol–water partition coefficient (Wildman–Crippen LogP) is 3.09. The number of hydrogen-bond donors (Lipinski definition) is 0. The molecule has 9 heteroatoms. The zero-order valence-corrected chi connectivity index (χ0v) is 17.7. The van der Waals surface area contributed by atoms with E-state index in [1.54, 1.807) is 19.2 Å². The van der Waals surface area contributed by atoms with Crippen molar-refractivity contribution in [2.24, 2.45) is 17.3 Å². The van der Waals surface area contributed by atoms with E-state index in [1.165, 1.54) is 21.5 Å². The van der Waals surface area contributed by atoms with Gasteiger partial charge in [-0.1, -0.05) is 25.1 Å². The summed E-state index contributed by atoms with van der Waals surface area (Å²) < 4.78 is 22.0. The van der Waals surface area contributed by atoms with Crippen molar-refractivity contribution in [1.82, 2.24) is 19.8 Å². The molecule has 160 valence electrons. The highest BCUT2D eigenvalue weighted by molar-refractivity contribution is 6.04. The van der Waals surface area contributed by atoms with E-state index in [1.807, 2.05) is 26.0 Å². The first-order valence-corrected chi connectivity index (χ1v) is 10.1. The molecule has 0 bridgehead atoms. The van der Waals surface area contributed by atoms with Crippen molar-refractivity contribution in [3.8, 4) is 5.69 Å². The molecule has 0 saturated heterocycles. The zero-order chi connectivity index (χ0) is 22.0. The maximum Gasteiger partial charge on any atom is 0.368 e. The van der Waals surface area contributed by atoms with E-state index in [0.29, 0.717) is 18.0 Å². The fourth-order valence-electron chi connectivity index (χ4n) is 3.54. The number of benzene rings is 2. The topological polar surface area (TPSA) is 86.7 Å². The SMILES string of the molecule is CCC(=N/N=C1\CCc2ccc(F)cc21)OCc1c(C)cccc1-n1nnn(C)c1=O. The highest BCUT2D eigenvalue weighted by Gasteiger charge is 2.19. The van der Waals surface area contributed by atoms with Crippen molar-refractivity contribution in [1.29, 1.82) is 0 Å². The smallest absolute Gasteiger partial charge is 0.368 e. The third kappa shape index (κ3) is 4.16. The summed E-state index contributed by atoms with van der Waals surface area (Å²) >= 11 is 0. The zero-order valence-electron chi connectivity index (χ0n) is 17.7. The lowest BCUT2D eigenvalue weighted by Crippen LogP contribution is -2.23. The standard InChI is InChI=1S/C22H23FN6O2/c1-4-21(25-24-19-11-9-15-8-10-16(23)12-17(15)19)31-13-18-14(2)6-5-7-20(18)29-22(30)28(3)26-27-29/h5-8,10,12H,4,9,11,13H2,1-3H3/b24-19+,25-21?. The minimum absolute atomic E-state index is 0.202. The lowest BCUT2D eigenvalue weighted by molar-refractivity contribution is 0.282. The van der Waals surface area contributed by atoms with Crippen molar-refractivity contribution in [2.45, 2.75) is 39.7 Å². The summed E-state index contributed by atoms with van der Waals surface area (Å²) in [5.41, 5.74) is 4.68. The first-order valence-electron chi connectivity index (χ1n) is 10.1. The van der Waals surface area contributed by atoms with Crippen molar-refractivity contribution in [3.63, 3.8) is 0 Å². The highest BCUT2D eigenvalue weighted by atomic mass is 19.1. The fraction of sp³-hybridized carbons (Fsp3) is 0.318. The number of aromatic nitrogens is 4. The first kappa shape index (κ1) is 20.6. The van der Waals surface area contributed by atoms with Gasteiger partial charge in [-0.15, -0.1) is 5.10 Å². The van der Waals surface area contributed by atoms with Gasteiger partial charge in [0.15, 0.2) is 0 Å². The summed E-state index contributed by atoms with van der Waals surface area (Å²) in [4.78, 5) is 12.3. The van der Waals surface area contributed by atoms with Crippen LogP contribution in [-0.2, 0) is 24.8 Å². The van der Waals surface area contributed by atoms with Gasteiger partial charge in [0.2, 0.25) is 5.90 Å². The number of nitrogens with zero attached hydrogens (tertiary/aromatic N) is 6. The Labute approximate surface area is 178 Å². The van der Waals surface area contributed by atoms with E-state index in [9.17, 15) is 9.18 Å². The van der Waals surface area contributed by atoms with E-state index in [4.69, 9.17) is 4.74 Å². The predicted molar refractivity (Wildman–Crippen MR) is 115 cm³/mol. The van der Waals surface area contributed by atoms with E-state index in [-0.39, 0.29) is 18.1 Å². The Bertz CT molecular complexity index is 1240. The number of hydrogen-bond acceptors (Lipinski definition) is 6. The Morgan fingerprint density at radius 1 is 1.23 bits per heavy atom. The molecule has 0 atom stereocenters. The minimum atomic E-state index is -0.338. The van der Waals surface area contributed by atoms with Gasteiger partial charge in [0, 0.05) is 24.6 Å². The molecule has 31 heavy (non-hydrogen) atoms. The van der Waals surface area contributed by atoms with Gasteiger partial charge >= 0.3 is 5.69 Å². The van der Waals surface area contributed by atoms with Gasteiger partial charge in [0.25, 0.3) is 0 Å². The van der Waals surface area contributed by atoms with Crippen molar-refractivity contribution in [2.75, 3.05) is 0 Å². The summed E-state index contributed by atoms with van der Waals surface area (Å²) in [6.45, 7) is 4.07. The number of fused-ring (bicyclic) bond motifs is 1. The quantitative estimate of drug-likeness (QED) is 0.359. The van der Waals surface area contributed by atoms with Crippen LogP contribution in [-0.4, -0.2) is 31.4 Å². The number of ether oxygens (including phenoxy) is 1. The molecule has 1 aromatic heterocycles. The molecular weight excluding hydrogens is 399 g/mol. The molecule has 0 N–H and O–H groups in total. The second-order valence-corrected chi connectivity index (χ2v) is 7.35. The van der Waals surface area contributed by atoms with Gasteiger partial charge in [-0.05, 0) is 59.5 Å². The van der Waals surface area contributed by atoms with Crippen LogP contribution in [0, 0.1) is 12.7 Å². The van der Waals surface area contributed by atoms with Crippen LogP contribution < -0.4 is 5.69 Å². The van der Waals surface area contributed by atoms with Crippen molar-refractivity contribution >= 4 is 11.6 Å². The monoisotopic (exact) mass is 422 g/mol. The second-order valence-electron chi connectivity index (χ2n) is 7.35. The molecule has 1 heterocycles. The van der Waals surface area contributed by atoms with Crippen LogP contribution >= 0.6 is 0 Å². The van der Waals surface area contributed by atoms with Crippen LogP contribution in [0.15, 0.2) is 51.4 Å². The van der Waals surface area contributed by atoms with Crippen molar-refractivity contribution in [3.05, 3.63) is 75.0 Å². The molecule has 0 spiro atoms. The Morgan fingerprint density at radius 2 is 2.06 bits per heavy atom. The van der Waals surface area contributed by atoms with E-state index >= 15 is 0 Å². The van der Waals surface area contributed by atoms with Gasteiger partial charge in [0.1, 0.15) is 12.4 Å². The second kappa shape index (κ2) is 8.63. The third-order valence-electron chi connectivity index (χ3n) is 5.32. The third-order valence-corrected chi connectivity index (χ3v) is 5.32. The molecule has 0 fully saturated rings. The summed E-state index contributed by atoms with van der Waals surface area (Å²) in [5, 5.41) is 16.3. The number of tetrazole rings is 1. The highest BCUT2D eigenvalue weighted by Crippen LogP contribution is 2.24. The summed E-state index contributed by atoms with van der Waals surface area (Å²) in [7, 11) is 1.55. The molecule has 0 aliphatic heterocycles. The number of rotatable bonds is 5. The number of halogens is 1. The average molecular weight is 422 g/mol. The lowest BCUT2D eigenvalue weighted by Gasteiger charge is -2.13. The van der Waals surface area contributed by atoms with Crippen LogP contribution in [0.3, 0.4) is 0 Å². The van der Waals surface area contributed by atoms with Gasteiger partial charge in [-0.25, -0.2) is 9.18 Å². The Kier molecular flexibility index (Phi) is 5.75. The Morgan fingerprint density at radius 3 is 2.81 bits per heavy atom. The molecule has 1 aliphatic carbocycles. The summed E-state index contributed by atoms with van der Waals surface area (Å²) in [6.07, 6.45) is 2.08. The normalized spacial score (nSPS) is 14.8. The van der Waals surface area contributed by atoms with Crippen LogP contribution in [0.4, 0.5) is 4.39 Å². The van der Waals surface area contributed by atoms with Crippen LogP contribution in [0.25, 0.3) is 5.69 Å². The average Bonchev–Trinajstić information content (AvgIpc) is 3.31. The van der Waals surface area contributed by atoms with E-state index < -0.39 is 0 Å². The molecule has 0 amide bonds. The van der Waals surface area contributed by atoms with Gasteiger partial charge in [-0.2, -0.15) is 14.5 Å². The summed E-state index contributed by atoms with van der Waals surface area (Å²) in [5.74, 6) is 0.175.